The molecule has 1 unspecified atom stereocenters. The SMILES string of the molecule is CCOC(C#Cc1ccccc1)(C(=O)NC(C)C)n1nnc2ccccc21. The van der Waals surface area contributed by atoms with Gasteiger partial charge in [-0.15, -0.1) is 5.10 Å². The van der Waals surface area contributed by atoms with Crippen LogP contribution in [-0.4, -0.2) is 33.5 Å². The maximum atomic E-state index is 13.2. The van der Waals surface area contributed by atoms with Gasteiger partial charge in [0.2, 0.25) is 0 Å². The second-order valence-corrected chi connectivity index (χ2v) is 6.31. The highest BCUT2D eigenvalue weighted by Crippen LogP contribution is 2.23. The van der Waals surface area contributed by atoms with Crippen molar-refractivity contribution in [1.29, 1.82) is 0 Å². The smallest absolute Gasteiger partial charge is 0.307 e. The van der Waals surface area contributed by atoms with E-state index >= 15 is 0 Å². The predicted octanol–water partition coefficient (Wildman–Crippen LogP) is 2.70. The lowest BCUT2D eigenvalue weighted by atomic mass is 10.1. The minimum atomic E-state index is -1.62. The summed E-state index contributed by atoms with van der Waals surface area (Å²) >= 11 is 0. The average molecular weight is 362 g/mol. The Kier molecular flexibility index (Phi) is 5.53. The molecule has 3 aromatic rings. The van der Waals surface area contributed by atoms with Crippen molar-refractivity contribution in [3.8, 4) is 11.8 Å². The molecule has 0 bridgehead atoms. The van der Waals surface area contributed by atoms with Gasteiger partial charge in [0, 0.05) is 18.2 Å². The number of hydrogen-bond donors (Lipinski definition) is 1. The minimum absolute atomic E-state index is 0.0781. The molecule has 0 saturated carbocycles. The Morgan fingerprint density at radius 1 is 1.19 bits per heavy atom. The Hall–Kier alpha value is -3.17. The Bertz CT molecular complexity index is 985. The Balaban J connectivity index is 2.20. The van der Waals surface area contributed by atoms with E-state index < -0.39 is 5.72 Å². The lowest BCUT2D eigenvalue weighted by Gasteiger charge is -2.28. The van der Waals surface area contributed by atoms with Gasteiger partial charge in [-0.05, 0) is 51.0 Å². The van der Waals surface area contributed by atoms with E-state index in [4.69, 9.17) is 4.74 Å². The van der Waals surface area contributed by atoms with Crippen LogP contribution in [-0.2, 0) is 15.3 Å². The van der Waals surface area contributed by atoms with Gasteiger partial charge in [0.05, 0.1) is 5.52 Å². The van der Waals surface area contributed by atoms with Crippen LogP contribution in [0.1, 0.15) is 26.3 Å². The zero-order valence-corrected chi connectivity index (χ0v) is 15.6. The molecule has 1 heterocycles. The number of ether oxygens (including phenoxy) is 1. The number of para-hydroxylation sites is 1. The molecule has 1 atom stereocenters. The number of nitrogens with zero attached hydrogens (tertiary/aromatic N) is 3. The summed E-state index contributed by atoms with van der Waals surface area (Å²) in [5.41, 5.74) is 0.501. The van der Waals surface area contributed by atoms with Crippen LogP contribution < -0.4 is 5.32 Å². The molecule has 0 radical (unpaired) electrons. The van der Waals surface area contributed by atoms with E-state index in [9.17, 15) is 4.79 Å². The second kappa shape index (κ2) is 8.02. The highest BCUT2D eigenvalue weighted by Gasteiger charge is 2.43. The van der Waals surface area contributed by atoms with Gasteiger partial charge >= 0.3 is 5.72 Å². The molecule has 1 amide bonds. The van der Waals surface area contributed by atoms with E-state index in [0.29, 0.717) is 11.0 Å². The molecule has 138 valence electrons. The van der Waals surface area contributed by atoms with Crippen molar-refractivity contribution in [2.45, 2.75) is 32.5 Å². The van der Waals surface area contributed by atoms with Gasteiger partial charge in [0.1, 0.15) is 5.52 Å². The first-order valence-electron chi connectivity index (χ1n) is 8.91. The molecule has 1 aromatic heterocycles. The van der Waals surface area contributed by atoms with E-state index in [1.54, 1.807) is 0 Å². The zero-order valence-electron chi connectivity index (χ0n) is 15.6. The number of carbonyl (C=O) groups is 1. The first-order valence-corrected chi connectivity index (χ1v) is 8.91. The summed E-state index contributed by atoms with van der Waals surface area (Å²) in [6.07, 6.45) is 0. The molecule has 3 rings (SSSR count). The van der Waals surface area contributed by atoms with Crippen LogP contribution in [0, 0.1) is 11.8 Å². The molecule has 0 aliphatic carbocycles. The van der Waals surface area contributed by atoms with Gasteiger partial charge in [-0.2, -0.15) is 4.68 Å². The van der Waals surface area contributed by atoms with E-state index in [-0.39, 0.29) is 18.6 Å². The molecule has 2 aromatic carbocycles. The fourth-order valence-corrected chi connectivity index (χ4v) is 2.72. The number of amides is 1. The third-order valence-electron chi connectivity index (χ3n) is 3.88. The number of rotatable bonds is 5. The molecular formula is C21H22N4O2. The van der Waals surface area contributed by atoms with E-state index in [1.165, 1.54) is 4.68 Å². The number of hydrogen-bond acceptors (Lipinski definition) is 4. The first-order chi connectivity index (χ1) is 13.1. The molecule has 0 saturated heterocycles. The molecular weight excluding hydrogens is 340 g/mol. The van der Waals surface area contributed by atoms with Crippen molar-refractivity contribution in [3.63, 3.8) is 0 Å². The van der Waals surface area contributed by atoms with Gasteiger partial charge in [-0.3, -0.25) is 4.79 Å². The molecule has 27 heavy (non-hydrogen) atoms. The summed E-state index contributed by atoms with van der Waals surface area (Å²) in [6.45, 7) is 5.88. The quantitative estimate of drug-likeness (QED) is 0.709. The summed E-state index contributed by atoms with van der Waals surface area (Å²) < 4.78 is 7.40. The van der Waals surface area contributed by atoms with E-state index in [1.807, 2.05) is 75.4 Å². The first kappa shape index (κ1) is 18.6. The molecule has 0 aliphatic heterocycles. The van der Waals surface area contributed by atoms with Gasteiger partial charge in [0.15, 0.2) is 0 Å². The number of aromatic nitrogens is 3. The Morgan fingerprint density at radius 3 is 2.59 bits per heavy atom. The monoisotopic (exact) mass is 362 g/mol. The lowest BCUT2D eigenvalue weighted by Crippen LogP contribution is -2.52. The lowest BCUT2D eigenvalue weighted by molar-refractivity contribution is -0.152. The van der Waals surface area contributed by atoms with Crippen LogP contribution in [0.5, 0.6) is 0 Å². The van der Waals surface area contributed by atoms with Crippen LogP contribution in [0.4, 0.5) is 0 Å². The number of benzene rings is 2. The predicted molar refractivity (Wildman–Crippen MR) is 104 cm³/mol. The van der Waals surface area contributed by atoms with Crippen molar-refractivity contribution >= 4 is 16.9 Å². The van der Waals surface area contributed by atoms with Crippen molar-refractivity contribution < 1.29 is 9.53 Å². The summed E-state index contributed by atoms with van der Waals surface area (Å²) in [4.78, 5) is 13.2. The number of fused-ring (bicyclic) bond motifs is 1. The van der Waals surface area contributed by atoms with Gasteiger partial charge in [-0.1, -0.05) is 41.5 Å². The molecule has 6 heteroatoms. The van der Waals surface area contributed by atoms with Gasteiger partial charge < -0.3 is 10.1 Å². The summed E-state index contributed by atoms with van der Waals surface area (Å²) in [5, 5.41) is 11.3. The van der Waals surface area contributed by atoms with Gasteiger partial charge in [-0.25, -0.2) is 0 Å². The number of nitrogens with one attached hydrogen (secondary N) is 1. The third-order valence-corrected chi connectivity index (χ3v) is 3.88. The van der Waals surface area contributed by atoms with Crippen LogP contribution >= 0.6 is 0 Å². The molecule has 6 nitrogen and oxygen atoms in total. The summed E-state index contributed by atoms with van der Waals surface area (Å²) in [7, 11) is 0. The molecule has 1 N–H and O–H groups in total. The topological polar surface area (TPSA) is 69.0 Å². The van der Waals surface area contributed by atoms with Crippen molar-refractivity contribution in [3.05, 3.63) is 60.2 Å². The molecule has 0 spiro atoms. The van der Waals surface area contributed by atoms with Crippen molar-refractivity contribution in [2.75, 3.05) is 6.61 Å². The molecule has 0 fully saturated rings. The van der Waals surface area contributed by atoms with Crippen molar-refractivity contribution in [2.24, 2.45) is 0 Å². The second-order valence-electron chi connectivity index (χ2n) is 6.31. The Labute approximate surface area is 158 Å². The van der Waals surface area contributed by atoms with Gasteiger partial charge in [0.25, 0.3) is 5.91 Å². The fraction of sp³-hybridized carbons (Fsp3) is 0.286. The number of carbonyl (C=O) groups excluding carboxylic acids is 1. The summed E-state index contributed by atoms with van der Waals surface area (Å²) in [5.74, 6) is 5.70. The summed E-state index contributed by atoms with van der Waals surface area (Å²) in [6, 6.07) is 16.8. The van der Waals surface area contributed by atoms with Crippen LogP contribution in [0.2, 0.25) is 0 Å². The maximum Gasteiger partial charge on any atom is 0.307 e. The Morgan fingerprint density at radius 2 is 1.89 bits per heavy atom. The van der Waals surface area contributed by atoms with Crippen molar-refractivity contribution in [1.82, 2.24) is 20.3 Å². The normalized spacial score (nSPS) is 13.0. The molecule has 0 aliphatic rings. The van der Waals surface area contributed by atoms with Crippen LogP contribution in [0.25, 0.3) is 11.0 Å². The highest BCUT2D eigenvalue weighted by molar-refractivity contribution is 5.89. The maximum absolute atomic E-state index is 13.2. The minimum Gasteiger partial charge on any atom is -0.349 e. The van der Waals surface area contributed by atoms with Crippen LogP contribution in [0.15, 0.2) is 54.6 Å². The average Bonchev–Trinajstić information content (AvgIpc) is 3.10. The van der Waals surface area contributed by atoms with E-state index in [2.05, 4.69) is 27.5 Å². The standard InChI is InChI=1S/C21H22N4O2/c1-4-27-21(20(26)22-16(2)3,15-14-17-10-6-5-7-11-17)25-19-13-9-8-12-18(19)23-24-25/h5-13,16H,4H2,1-3H3,(H,22,26). The van der Waals surface area contributed by atoms with Crippen LogP contribution in [0.3, 0.4) is 0 Å². The van der Waals surface area contributed by atoms with E-state index in [0.717, 1.165) is 5.56 Å². The largest absolute Gasteiger partial charge is 0.349 e. The third kappa shape index (κ3) is 3.83. The fourth-order valence-electron chi connectivity index (χ4n) is 2.72. The highest BCUT2D eigenvalue weighted by atomic mass is 16.5. The zero-order chi connectivity index (χ0) is 19.3.